The first-order valence-corrected chi connectivity index (χ1v) is 9.18. The molecule has 1 fully saturated rings. The van der Waals surface area contributed by atoms with Crippen LogP contribution in [0.25, 0.3) is 11.1 Å². The van der Waals surface area contributed by atoms with Crippen LogP contribution in [0.1, 0.15) is 12.0 Å². The summed E-state index contributed by atoms with van der Waals surface area (Å²) in [6.45, 7) is 4.00. The van der Waals surface area contributed by atoms with Crippen molar-refractivity contribution >= 4 is 17.0 Å². The van der Waals surface area contributed by atoms with Gasteiger partial charge in [0.1, 0.15) is 6.54 Å². The van der Waals surface area contributed by atoms with Crippen molar-refractivity contribution in [2.45, 2.75) is 19.5 Å². The highest BCUT2D eigenvalue weighted by Gasteiger charge is 2.21. The summed E-state index contributed by atoms with van der Waals surface area (Å²) in [4.78, 5) is 33.1. The maximum absolute atomic E-state index is 12.8. The summed E-state index contributed by atoms with van der Waals surface area (Å²) in [5, 5.41) is 0. The lowest BCUT2D eigenvalue weighted by Crippen LogP contribution is -2.38. The molecule has 3 heterocycles. The van der Waals surface area contributed by atoms with Crippen molar-refractivity contribution in [3.8, 4) is 0 Å². The third kappa shape index (κ3) is 3.93. The number of rotatable bonds is 4. The summed E-state index contributed by atoms with van der Waals surface area (Å²) in [6.07, 6.45) is 4.52. The number of benzene rings is 1. The Morgan fingerprint density at radius 3 is 2.70 bits per heavy atom. The smallest absolute Gasteiger partial charge is 0.408 e. The Bertz CT molecular complexity index is 980. The Morgan fingerprint density at radius 2 is 1.85 bits per heavy atom. The molecule has 0 aliphatic carbocycles. The summed E-state index contributed by atoms with van der Waals surface area (Å²) in [5.41, 5.74) is 2.39. The molecular weight excluding hydrogens is 344 g/mol. The number of hydrogen-bond donors (Lipinski definition) is 0. The minimum absolute atomic E-state index is 0.0141. The molecule has 0 unspecified atom stereocenters. The maximum atomic E-state index is 12.8. The molecule has 1 aliphatic heterocycles. The lowest BCUT2D eigenvalue weighted by Gasteiger charge is -2.22. The van der Waals surface area contributed by atoms with Gasteiger partial charge < -0.3 is 9.32 Å². The van der Waals surface area contributed by atoms with E-state index < -0.39 is 5.76 Å². The molecule has 0 bridgehead atoms. The maximum Gasteiger partial charge on any atom is 0.420 e. The normalized spacial score (nSPS) is 15.8. The fraction of sp³-hybridized carbons (Fsp3) is 0.350. The second-order valence-electron chi connectivity index (χ2n) is 6.79. The number of pyridine rings is 1. The van der Waals surface area contributed by atoms with Gasteiger partial charge in [-0.3, -0.25) is 19.2 Å². The zero-order valence-electron chi connectivity index (χ0n) is 15.1. The molecule has 2 aromatic heterocycles. The van der Waals surface area contributed by atoms with E-state index in [0.29, 0.717) is 24.2 Å². The molecule has 0 spiro atoms. The van der Waals surface area contributed by atoms with Gasteiger partial charge >= 0.3 is 5.76 Å². The number of oxazole rings is 1. The summed E-state index contributed by atoms with van der Waals surface area (Å²) in [7, 11) is 0. The van der Waals surface area contributed by atoms with E-state index in [1.807, 2.05) is 29.2 Å². The van der Waals surface area contributed by atoms with E-state index in [-0.39, 0.29) is 12.5 Å². The van der Waals surface area contributed by atoms with Crippen LogP contribution in [-0.2, 0) is 17.9 Å². The van der Waals surface area contributed by atoms with Gasteiger partial charge in [0.05, 0.1) is 5.52 Å². The van der Waals surface area contributed by atoms with Crippen molar-refractivity contribution in [3.63, 3.8) is 0 Å². The number of carbonyl (C=O) groups excluding carboxylic acids is 1. The Morgan fingerprint density at radius 1 is 1.04 bits per heavy atom. The fourth-order valence-electron chi connectivity index (χ4n) is 3.52. The lowest BCUT2D eigenvalue weighted by molar-refractivity contribution is -0.131. The molecule has 3 aromatic rings. The summed E-state index contributed by atoms with van der Waals surface area (Å²) >= 11 is 0. The highest BCUT2D eigenvalue weighted by atomic mass is 16.4. The van der Waals surface area contributed by atoms with Gasteiger partial charge in [0.2, 0.25) is 5.91 Å². The first-order valence-electron chi connectivity index (χ1n) is 9.18. The number of carbonyl (C=O) groups is 1. The monoisotopic (exact) mass is 366 g/mol. The fourth-order valence-corrected chi connectivity index (χ4v) is 3.52. The molecule has 0 N–H and O–H groups in total. The van der Waals surface area contributed by atoms with E-state index in [1.54, 1.807) is 24.5 Å². The van der Waals surface area contributed by atoms with E-state index >= 15 is 0 Å². The highest BCUT2D eigenvalue weighted by molar-refractivity contribution is 5.79. The topological polar surface area (TPSA) is 71.6 Å². The zero-order valence-corrected chi connectivity index (χ0v) is 15.1. The largest absolute Gasteiger partial charge is 0.420 e. The van der Waals surface area contributed by atoms with Crippen molar-refractivity contribution < 1.29 is 9.21 Å². The van der Waals surface area contributed by atoms with Crippen molar-refractivity contribution in [2.75, 3.05) is 26.2 Å². The van der Waals surface area contributed by atoms with E-state index in [2.05, 4.69) is 9.88 Å². The van der Waals surface area contributed by atoms with Crippen molar-refractivity contribution in [2.24, 2.45) is 0 Å². The molecule has 27 heavy (non-hydrogen) atoms. The van der Waals surface area contributed by atoms with Crippen LogP contribution in [-0.4, -0.2) is 51.4 Å². The predicted molar refractivity (Wildman–Crippen MR) is 101 cm³/mol. The Hall–Kier alpha value is -2.93. The van der Waals surface area contributed by atoms with Crippen LogP contribution in [0.2, 0.25) is 0 Å². The molecule has 4 rings (SSSR count). The third-order valence-electron chi connectivity index (χ3n) is 4.96. The Balaban J connectivity index is 1.41. The van der Waals surface area contributed by atoms with E-state index in [1.165, 1.54) is 10.1 Å². The predicted octanol–water partition coefficient (Wildman–Crippen LogP) is 1.72. The zero-order chi connectivity index (χ0) is 18.6. The Kier molecular flexibility index (Phi) is 5.02. The summed E-state index contributed by atoms with van der Waals surface area (Å²) in [6, 6.07) is 11.2. The molecular formula is C20H22N4O3. The van der Waals surface area contributed by atoms with E-state index in [4.69, 9.17) is 4.42 Å². The number of aromatic nitrogens is 2. The Labute approximate surface area is 156 Å². The van der Waals surface area contributed by atoms with Crippen LogP contribution in [0, 0.1) is 0 Å². The SMILES string of the molecule is O=C(Cn1c(=O)oc2ccccc21)N1CCCN(Cc2ccncc2)CC1. The minimum Gasteiger partial charge on any atom is -0.408 e. The van der Waals surface area contributed by atoms with E-state index in [0.717, 1.165) is 26.1 Å². The van der Waals surface area contributed by atoms with Gasteiger partial charge in [-0.1, -0.05) is 12.1 Å². The first-order chi connectivity index (χ1) is 13.2. The minimum atomic E-state index is -0.487. The van der Waals surface area contributed by atoms with Gasteiger partial charge in [-0.25, -0.2) is 4.79 Å². The quantitative estimate of drug-likeness (QED) is 0.703. The van der Waals surface area contributed by atoms with E-state index in [9.17, 15) is 9.59 Å². The molecule has 7 nitrogen and oxygen atoms in total. The third-order valence-corrected chi connectivity index (χ3v) is 4.96. The van der Waals surface area contributed by atoms with Crippen molar-refractivity contribution in [3.05, 3.63) is 64.9 Å². The average Bonchev–Trinajstić information content (AvgIpc) is 2.84. The van der Waals surface area contributed by atoms with Gasteiger partial charge in [0.25, 0.3) is 0 Å². The van der Waals surface area contributed by atoms with Gasteiger partial charge in [-0.05, 0) is 36.2 Å². The number of para-hydroxylation sites is 2. The number of amides is 1. The second-order valence-corrected chi connectivity index (χ2v) is 6.79. The molecule has 0 atom stereocenters. The van der Waals surface area contributed by atoms with Crippen LogP contribution < -0.4 is 5.76 Å². The molecule has 0 saturated carbocycles. The first kappa shape index (κ1) is 17.5. The standard InChI is InChI=1S/C20H22N4O3/c25-19(15-24-17-4-1-2-5-18(17)27-20(24)26)23-11-3-10-22(12-13-23)14-16-6-8-21-9-7-16/h1-2,4-9H,3,10-15H2. The molecule has 1 saturated heterocycles. The van der Waals surface area contributed by atoms with Gasteiger partial charge in [0.15, 0.2) is 5.58 Å². The summed E-state index contributed by atoms with van der Waals surface area (Å²) < 4.78 is 6.63. The van der Waals surface area contributed by atoms with Crippen molar-refractivity contribution in [1.29, 1.82) is 0 Å². The van der Waals surface area contributed by atoms with Gasteiger partial charge in [-0.15, -0.1) is 0 Å². The molecule has 1 aromatic carbocycles. The second kappa shape index (κ2) is 7.75. The van der Waals surface area contributed by atoms with Crippen LogP contribution in [0.5, 0.6) is 0 Å². The number of hydrogen-bond acceptors (Lipinski definition) is 5. The molecule has 0 radical (unpaired) electrons. The van der Waals surface area contributed by atoms with Crippen LogP contribution in [0.4, 0.5) is 0 Å². The van der Waals surface area contributed by atoms with Crippen molar-refractivity contribution in [1.82, 2.24) is 19.4 Å². The molecule has 1 aliphatic rings. The molecule has 140 valence electrons. The van der Waals surface area contributed by atoms with Gasteiger partial charge in [0, 0.05) is 45.1 Å². The number of nitrogens with zero attached hydrogens (tertiary/aromatic N) is 4. The van der Waals surface area contributed by atoms with Crippen LogP contribution in [0.3, 0.4) is 0 Å². The molecule has 7 heteroatoms. The molecule has 1 amide bonds. The van der Waals surface area contributed by atoms with Crippen LogP contribution >= 0.6 is 0 Å². The van der Waals surface area contributed by atoms with Gasteiger partial charge in [-0.2, -0.15) is 0 Å². The highest BCUT2D eigenvalue weighted by Crippen LogP contribution is 2.13. The van der Waals surface area contributed by atoms with Crippen LogP contribution in [0.15, 0.2) is 58.0 Å². The number of fused-ring (bicyclic) bond motifs is 1. The average molecular weight is 366 g/mol. The lowest BCUT2D eigenvalue weighted by atomic mass is 10.2. The summed E-state index contributed by atoms with van der Waals surface area (Å²) in [5.74, 6) is -0.534.